The number of aromatic nitrogens is 1. The second-order valence-electron chi connectivity index (χ2n) is 7.10. The molecule has 1 aromatic heterocycles. The van der Waals surface area contributed by atoms with Gasteiger partial charge < -0.3 is 14.6 Å². The van der Waals surface area contributed by atoms with E-state index in [9.17, 15) is 9.59 Å². The van der Waals surface area contributed by atoms with E-state index in [2.05, 4.69) is 15.8 Å². The van der Waals surface area contributed by atoms with Crippen LogP contribution in [-0.4, -0.2) is 29.7 Å². The molecule has 0 fully saturated rings. The second kappa shape index (κ2) is 9.89. The molecule has 0 aliphatic rings. The fourth-order valence-corrected chi connectivity index (χ4v) is 3.61. The lowest BCUT2D eigenvalue weighted by Gasteiger charge is -2.11. The van der Waals surface area contributed by atoms with Gasteiger partial charge in [0, 0.05) is 33.3 Å². The maximum atomic E-state index is 12.1. The topological polar surface area (TPSA) is 84.7 Å². The Morgan fingerprint density at radius 2 is 1.75 bits per heavy atom. The van der Waals surface area contributed by atoms with Crippen LogP contribution in [0, 0.1) is 20.8 Å². The van der Waals surface area contributed by atoms with E-state index in [0.717, 1.165) is 28.2 Å². The number of carbonyl (C=O) groups is 2. The summed E-state index contributed by atoms with van der Waals surface area (Å²) in [5.74, 6) is -1.32. The zero-order valence-electron chi connectivity index (χ0n) is 18.0. The highest BCUT2D eigenvalue weighted by Gasteiger charge is 2.15. The van der Waals surface area contributed by atoms with Gasteiger partial charge in [-0.2, -0.15) is 5.10 Å². The van der Waals surface area contributed by atoms with Crippen LogP contribution in [0.15, 0.2) is 47.6 Å². The van der Waals surface area contributed by atoms with Gasteiger partial charge in [0.2, 0.25) is 0 Å². The number of aryl methyl sites for hydroxylation is 2. The largest absolute Gasteiger partial charge is 0.495 e. The molecule has 9 heteroatoms. The van der Waals surface area contributed by atoms with Gasteiger partial charge in [-0.3, -0.25) is 9.59 Å². The molecule has 32 heavy (non-hydrogen) atoms. The summed E-state index contributed by atoms with van der Waals surface area (Å²) in [6.45, 7) is 5.84. The van der Waals surface area contributed by atoms with Crippen molar-refractivity contribution in [1.82, 2.24) is 9.99 Å². The molecule has 166 valence electrons. The van der Waals surface area contributed by atoms with E-state index in [1.165, 1.54) is 19.4 Å². The third kappa shape index (κ3) is 5.12. The molecule has 0 atom stereocenters. The van der Waals surface area contributed by atoms with Gasteiger partial charge in [-0.05, 0) is 62.7 Å². The number of hydrogen-bond donors (Lipinski definition) is 2. The van der Waals surface area contributed by atoms with Crippen molar-refractivity contribution in [3.8, 4) is 11.4 Å². The Labute approximate surface area is 196 Å². The summed E-state index contributed by atoms with van der Waals surface area (Å²) in [6.07, 6.45) is 1.49. The number of halogens is 2. The van der Waals surface area contributed by atoms with E-state index >= 15 is 0 Å². The molecule has 0 bridgehead atoms. The maximum absolute atomic E-state index is 12.1. The molecule has 2 aromatic carbocycles. The van der Waals surface area contributed by atoms with Gasteiger partial charge in [-0.25, -0.2) is 5.43 Å². The molecule has 0 aliphatic heterocycles. The predicted molar refractivity (Wildman–Crippen MR) is 127 cm³/mol. The van der Waals surface area contributed by atoms with Gasteiger partial charge in [-0.15, -0.1) is 0 Å². The number of amides is 2. The average Bonchev–Trinajstić information content (AvgIpc) is 3.03. The fourth-order valence-electron chi connectivity index (χ4n) is 3.18. The number of ether oxygens (including phenoxy) is 1. The van der Waals surface area contributed by atoms with E-state index < -0.39 is 11.8 Å². The van der Waals surface area contributed by atoms with Crippen molar-refractivity contribution in [2.75, 3.05) is 12.4 Å². The standard InChI is InChI=1S/C23H22Cl2N4O3/c1-13-5-7-18(11-19(13)24)29-14(2)9-16(15(29)3)12-26-28-23(31)22(30)27-17-6-8-21(32-4)20(25)10-17/h5-12H,1-4H3,(H,27,30)(H,28,31)/b26-12-. The van der Waals surface area contributed by atoms with Crippen molar-refractivity contribution < 1.29 is 14.3 Å². The van der Waals surface area contributed by atoms with Crippen molar-refractivity contribution in [2.45, 2.75) is 20.8 Å². The number of nitrogens with one attached hydrogen (secondary N) is 2. The van der Waals surface area contributed by atoms with Gasteiger partial charge in [0.1, 0.15) is 5.75 Å². The Morgan fingerprint density at radius 1 is 1.00 bits per heavy atom. The summed E-state index contributed by atoms with van der Waals surface area (Å²) in [4.78, 5) is 24.2. The van der Waals surface area contributed by atoms with Crippen molar-refractivity contribution in [2.24, 2.45) is 5.10 Å². The fraction of sp³-hybridized carbons (Fsp3) is 0.174. The Bertz CT molecular complexity index is 1220. The Hall–Kier alpha value is -3.29. The van der Waals surface area contributed by atoms with E-state index in [-0.39, 0.29) is 0 Å². The quantitative estimate of drug-likeness (QED) is 0.317. The van der Waals surface area contributed by atoms with Crippen molar-refractivity contribution in [3.63, 3.8) is 0 Å². The number of hydrogen-bond acceptors (Lipinski definition) is 4. The minimum atomic E-state index is -0.910. The third-order valence-corrected chi connectivity index (χ3v) is 5.57. The lowest BCUT2D eigenvalue weighted by atomic mass is 10.2. The number of hydrazone groups is 1. The second-order valence-corrected chi connectivity index (χ2v) is 7.91. The van der Waals surface area contributed by atoms with Crippen LogP contribution in [0.1, 0.15) is 22.5 Å². The first-order chi connectivity index (χ1) is 15.2. The zero-order valence-corrected chi connectivity index (χ0v) is 19.5. The first-order valence-corrected chi connectivity index (χ1v) is 10.4. The van der Waals surface area contributed by atoms with Crippen LogP contribution in [0.3, 0.4) is 0 Å². The Balaban J connectivity index is 1.68. The van der Waals surface area contributed by atoms with Crippen molar-refractivity contribution in [1.29, 1.82) is 0 Å². The summed E-state index contributed by atoms with van der Waals surface area (Å²) in [7, 11) is 1.48. The van der Waals surface area contributed by atoms with E-state index in [1.54, 1.807) is 12.1 Å². The Kier molecular flexibility index (Phi) is 7.22. The van der Waals surface area contributed by atoms with Gasteiger partial charge >= 0.3 is 11.8 Å². The summed E-state index contributed by atoms with van der Waals surface area (Å²) in [6, 6.07) is 12.4. The van der Waals surface area contributed by atoms with E-state index in [0.29, 0.717) is 21.5 Å². The van der Waals surface area contributed by atoms with Crippen LogP contribution in [0.2, 0.25) is 10.0 Å². The van der Waals surface area contributed by atoms with E-state index in [4.69, 9.17) is 27.9 Å². The zero-order chi connectivity index (χ0) is 23.4. The first kappa shape index (κ1) is 23.4. The highest BCUT2D eigenvalue weighted by molar-refractivity contribution is 6.40. The molecular formula is C23H22Cl2N4O3. The van der Waals surface area contributed by atoms with Crippen LogP contribution in [0.4, 0.5) is 5.69 Å². The van der Waals surface area contributed by atoms with Gasteiger partial charge in [0.25, 0.3) is 0 Å². The number of nitrogens with zero attached hydrogens (tertiary/aromatic N) is 2. The molecule has 1 heterocycles. The smallest absolute Gasteiger partial charge is 0.329 e. The summed E-state index contributed by atoms with van der Waals surface area (Å²) in [5.41, 5.74) is 7.20. The molecule has 0 saturated heterocycles. The summed E-state index contributed by atoms with van der Waals surface area (Å²) in [5, 5.41) is 7.37. The lowest BCUT2D eigenvalue weighted by Crippen LogP contribution is -2.32. The first-order valence-electron chi connectivity index (χ1n) is 9.64. The monoisotopic (exact) mass is 472 g/mol. The molecule has 2 N–H and O–H groups in total. The molecule has 2 amide bonds. The molecule has 3 rings (SSSR count). The molecule has 3 aromatic rings. The molecule has 0 unspecified atom stereocenters. The van der Waals surface area contributed by atoms with Crippen LogP contribution in [0.25, 0.3) is 5.69 Å². The third-order valence-electron chi connectivity index (χ3n) is 4.87. The summed E-state index contributed by atoms with van der Waals surface area (Å²) >= 11 is 12.3. The SMILES string of the molecule is COc1ccc(NC(=O)C(=O)N/N=C\c2cc(C)n(-c3ccc(C)c(Cl)c3)c2C)cc1Cl. The number of benzene rings is 2. The molecule has 0 radical (unpaired) electrons. The van der Waals surface area contributed by atoms with Gasteiger partial charge in [0.05, 0.1) is 18.3 Å². The summed E-state index contributed by atoms with van der Waals surface area (Å²) < 4.78 is 7.09. The molecule has 0 spiro atoms. The van der Waals surface area contributed by atoms with Crippen LogP contribution in [-0.2, 0) is 9.59 Å². The number of methoxy groups -OCH3 is 1. The molecule has 7 nitrogen and oxygen atoms in total. The molecule has 0 saturated carbocycles. The predicted octanol–water partition coefficient (Wildman–Crippen LogP) is 4.81. The number of carbonyl (C=O) groups excluding carboxylic acids is 2. The van der Waals surface area contributed by atoms with Gasteiger partial charge in [-0.1, -0.05) is 29.3 Å². The van der Waals surface area contributed by atoms with Crippen molar-refractivity contribution >= 4 is 46.9 Å². The maximum Gasteiger partial charge on any atom is 0.329 e. The molecule has 0 aliphatic carbocycles. The van der Waals surface area contributed by atoms with Crippen LogP contribution in [0.5, 0.6) is 5.75 Å². The molecular weight excluding hydrogens is 451 g/mol. The minimum absolute atomic E-state index is 0.314. The lowest BCUT2D eigenvalue weighted by molar-refractivity contribution is -0.136. The highest BCUT2D eigenvalue weighted by atomic mass is 35.5. The minimum Gasteiger partial charge on any atom is -0.495 e. The number of anilines is 1. The normalized spacial score (nSPS) is 10.9. The number of rotatable bonds is 5. The van der Waals surface area contributed by atoms with Gasteiger partial charge in [0.15, 0.2) is 0 Å². The average molecular weight is 473 g/mol. The van der Waals surface area contributed by atoms with Crippen LogP contribution < -0.4 is 15.5 Å². The van der Waals surface area contributed by atoms with Crippen LogP contribution >= 0.6 is 23.2 Å². The van der Waals surface area contributed by atoms with Crippen molar-refractivity contribution in [3.05, 3.63) is 75.0 Å². The highest BCUT2D eigenvalue weighted by Crippen LogP contribution is 2.27. The Morgan fingerprint density at radius 3 is 2.41 bits per heavy atom. The van der Waals surface area contributed by atoms with E-state index in [1.807, 2.05) is 49.6 Å².